The van der Waals surface area contributed by atoms with Crippen LogP contribution in [0.25, 0.3) is 0 Å². The Bertz CT molecular complexity index is 612. The van der Waals surface area contributed by atoms with Crippen LogP contribution in [0.3, 0.4) is 0 Å². The average molecular weight is 335 g/mol. The van der Waals surface area contributed by atoms with Crippen molar-refractivity contribution in [3.8, 4) is 5.75 Å². The van der Waals surface area contributed by atoms with Crippen LogP contribution in [-0.4, -0.2) is 13.0 Å². The predicted molar refractivity (Wildman–Crippen MR) is 83.0 cm³/mol. The second-order valence-corrected chi connectivity index (χ2v) is 5.12. The van der Waals surface area contributed by atoms with Crippen molar-refractivity contribution in [2.24, 2.45) is 5.73 Å². The lowest BCUT2D eigenvalue weighted by Gasteiger charge is -2.09. The molecule has 0 atom stereocenters. The lowest BCUT2D eigenvalue weighted by Crippen LogP contribution is -2.10. The van der Waals surface area contributed by atoms with E-state index in [4.69, 9.17) is 10.5 Å². The maximum absolute atomic E-state index is 11.0. The third-order valence-electron chi connectivity index (χ3n) is 2.88. The molecule has 0 saturated carbocycles. The minimum absolute atomic E-state index is 0.421. The van der Waals surface area contributed by atoms with Gasteiger partial charge in [-0.2, -0.15) is 0 Å². The summed E-state index contributed by atoms with van der Waals surface area (Å²) in [6.07, 6.45) is 0. The minimum atomic E-state index is -0.421. The minimum Gasteiger partial charge on any atom is -0.496 e. The van der Waals surface area contributed by atoms with E-state index in [9.17, 15) is 4.79 Å². The Morgan fingerprint density at radius 2 is 1.95 bits per heavy atom. The van der Waals surface area contributed by atoms with Crippen LogP contribution in [0.5, 0.6) is 5.75 Å². The van der Waals surface area contributed by atoms with Crippen LogP contribution in [0.1, 0.15) is 15.9 Å². The molecular weight excluding hydrogens is 320 g/mol. The number of primary amides is 1. The SMILES string of the molecule is COc1ccc(CNc2ccc(C(N)=O)cc2)cc1Br. The lowest BCUT2D eigenvalue weighted by molar-refractivity contribution is 0.100. The van der Waals surface area contributed by atoms with Crippen LogP contribution in [0.4, 0.5) is 5.69 Å². The van der Waals surface area contributed by atoms with Crippen molar-refractivity contribution in [3.63, 3.8) is 0 Å². The van der Waals surface area contributed by atoms with E-state index in [2.05, 4.69) is 21.2 Å². The number of methoxy groups -OCH3 is 1. The smallest absolute Gasteiger partial charge is 0.248 e. The Morgan fingerprint density at radius 3 is 2.50 bits per heavy atom. The summed E-state index contributed by atoms with van der Waals surface area (Å²) in [5.41, 5.74) is 7.75. The quantitative estimate of drug-likeness (QED) is 0.882. The van der Waals surface area contributed by atoms with Gasteiger partial charge in [0, 0.05) is 17.8 Å². The summed E-state index contributed by atoms with van der Waals surface area (Å²) in [4.78, 5) is 11.0. The maximum atomic E-state index is 11.0. The van der Waals surface area contributed by atoms with Crippen LogP contribution in [0.15, 0.2) is 46.9 Å². The number of halogens is 1. The zero-order valence-electron chi connectivity index (χ0n) is 11.0. The molecule has 0 aromatic heterocycles. The van der Waals surface area contributed by atoms with E-state index in [-0.39, 0.29) is 0 Å². The second-order valence-electron chi connectivity index (χ2n) is 4.26. The summed E-state index contributed by atoms with van der Waals surface area (Å²) in [6, 6.07) is 13.0. The first-order chi connectivity index (χ1) is 9.60. The Morgan fingerprint density at radius 1 is 1.25 bits per heavy atom. The van der Waals surface area contributed by atoms with Gasteiger partial charge in [-0.05, 0) is 57.9 Å². The van der Waals surface area contributed by atoms with Crippen LogP contribution in [0.2, 0.25) is 0 Å². The highest BCUT2D eigenvalue weighted by Gasteiger charge is 2.02. The van der Waals surface area contributed by atoms with Crippen LogP contribution in [-0.2, 0) is 6.54 Å². The van der Waals surface area contributed by atoms with E-state index in [1.807, 2.05) is 30.3 Å². The van der Waals surface area contributed by atoms with Gasteiger partial charge in [0.1, 0.15) is 5.75 Å². The van der Waals surface area contributed by atoms with E-state index < -0.39 is 5.91 Å². The van der Waals surface area contributed by atoms with Crippen molar-refractivity contribution in [2.45, 2.75) is 6.54 Å². The maximum Gasteiger partial charge on any atom is 0.248 e. The lowest BCUT2D eigenvalue weighted by atomic mass is 10.2. The fraction of sp³-hybridized carbons (Fsp3) is 0.133. The summed E-state index contributed by atoms with van der Waals surface area (Å²) in [7, 11) is 1.64. The third-order valence-corrected chi connectivity index (χ3v) is 3.50. The number of anilines is 1. The largest absolute Gasteiger partial charge is 0.496 e. The molecular formula is C15H15BrN2O2. The number of hydrogen-bond donors (Lipinski definition) is 2. The highest BCUT2D eigenvalue weighted by molar-refractivity contribution is 9.10. The Labute approximate surface area is 126 Å². The van der Waals surface area contributed by atoms with Crippen molar-refractivity contribution in [1.29, 1.82) is 0 Å². The number of nitrogens with one attached hydrogen (secondary N) is 1. The van der Waals surface area contributed by atoms with Gasteiger partial charge in [0.05, 0.1) is 11.6 Å². The van der Waals surface area contributed by atoms with E-state index in [0.29, 0.717) is 12.1 Å². The number of amides is 1. The molecule has 0 saturated heterocycles. The first-order valence-corrected chi connectivity index (χ1v) is 6.85. The summed E-state index contributed by atoms with van der Waals surface area (Å²) in [5, 5.41) is 3.28. The van der Waals surface area contributed by atoms with E-state index in [1.54, 1.807) is 19.2 Å². The topological polar surface area (TPSA) is 64.3 Å². The number of carbonyl (C=O) groups excluding carboxylic acids is 1. The molecule has 0 radical (unpaired) electrons. The van der Waals surface area contributed by atoms with Gasteiger partial charge < -0.3 is 15.8 Å². The normalized spacial score (nSPS) is 10.1. The number of nitrogens with two attached hydrogens (primary N) is 1. The van der Waals surface area contributed by atoms with Gasteiger partial charge in [0.25, 0.3) is 0 Å². The van der Waals surface area contributed by atoms with Crippen LogP contribution < -0.4 is 15.8 Å². The summed E-state index contributed by atoms with van der Waals surface area (Å²) in [5.74, 6) is 0.384. The predicted octanol–water partition coefficient (Wildman–Crippen LogP) is 3.17. The first-order valence-electron chi connectivity index (χ1n) is 6.06. The molecule has 5 heteroatoms. The molecule has 0 aliphatic carbocycles. The third kappa shape index (κ3) is 3.51. The first kappa shape index (κ1) is 14.4. The highest BCUT2D eigenvalue weighted by Crippen LogP contribution is 2.25. The number of benzene rings is 2. The fourth-order valence-corrected chi connectivity index (χ4v) is 2.36. The Hall–Kier alpha value is -2.01. The molecule has 3 N–H and O–H groups in total. The van der Waals surface area contributed by atoms with Crippen molar-refractivity contribution < 1.29 is 9.53 Å². The number of hydrogen-bond acceptors (Lipinski definition) is 3. The number of carbonyl (C=O) groups is 1. The van der Waals surface area contributed by atoms with Crippen molar-refractivity contribution in [1.82, 2.24) is 0 Å². The highest BCUT2D eigenvalue weighted by atomic mass is 79.9. The summed E-state index contributed by atoms with van der Waals surface area (Å²) >= 11 is 3.45. The Balaban J connectivity index is 2.01. The monoisotopic (exact) mass is 334 g/mol. The van der Waals surface area contributed by atoms with E-state index >= 15 is 0 Å². The molecule has 0 unspecified atom stereocenters. The van der Waals surface area contributed by atoms with Gasteiger partial charge in [-0.15, -0.1) is 0 Å². The molecule has 2 rings (SSSR count). The van der Waals surface area contributed by atoms with Crippen molar-refractivity contribution in [2.75, 3.05) is 12.4 Å². The molecule has 0 aliphatic heterocycles. The molecule has 2 aromatic carbocycles. The van der Waals surface area contributed by atoms with Gasteiger partial charge in [0.15, 0.2) is 0 Å². The fourth-order valence-electron chi connectivity index (χ4n) is 1.78. The Kier molecular flexibility index (Phi) is 4.63. The van der Waals surface area contributed by atoms with Crippen molar-refractivity contribution in [3.05, 3.63) is 58.1 Å². The van der Waals surface area contributed by atoms with Crippen molar-refractivity contribution >= 4 is 27.5 Å². The second kappa shape index (κ2) is 6.43. The molecule has 0 heterocycles. The molecule has 20 heavy (non-hydrogen) atoms. The summed E-state index contributed by atoms with van der Waals surface area (Å²) in [6.45, 7) is 0.679. The molecule has 0 spiro atoms. The van der Waals surface area contributed by atoms with Gasteiger partial charge in [-0.1, -0.05) is 6.07 Å². The van der Waals surface area contributed by atoms with E-state index in [0.717, 1.165) is 21.5 Å². The molecule has 4 nitrogen and oxygen atoms in total. The average Bonchev–Trinajstić information content (AvgIpc) is 2.45. The molecule has 1 amide bonds. The number of ether oxygens (including phenoxy) is 1. The molecule has 104 valence electrons. The zero-order valence-corrected chi connectivity index (χ0v) is 12.6. The van der Waals surface area contributed by atoms with Gasteiger partial charge in [-0.3, -0.25) is 4.79 Å². The van der Waals surface area contributed by atoms with Gasteiger partial charge in [-0.25, -0.2) is 0 Å². The van der Waals surface area contributed by atoms with Gasteiger partial charge >= 0.3 is 0 Å². The molecule has 0 fully saturated rings. The van der Waals surface area contributed by atoms with Gasteiger partial charge in [0.2, 0.25) is 5.91 Å². The zero-order chi connectivity index (χ0) is 14.5. The molecule has 2 aromatic rings. The molecule has 0 bridgehead atoms. The van der Waals surface area contributed by atoms with Crippen LogP contribution in [0, 0.1) is 0 Å². The number of rotatable bonds is 5. The molecule has 0 aliphatic rings. The van der Waals surface area contributed by atoms with E-state index in [1.165, 1.54) is 0 Å². The standard InChI is InChI=1S/C15H15BrN2O2/c1-20-14-7-2-10(8-13(14)16)9-18-12-5-3-11(4-6-12)15(17)19/h2-8,18H,9H2,1H3,(H2,17,19). The van der Waals surface area contributed by atoms with Crippen LogP contribution >= 0.6 is 15.9 Å². The summed E-state index contributed by atoms with van der Waals surface area (Å²) < 4.78 is 6.11.